The molecule has 0 bridgehead atoms. The molecule has 1 saturated heterocycles. The molecule has 0 N–H and O–H groups in total. The Morgan fingerprint density at radius 3 is 2.65 bits per heavy atom. The molecule has 6 heteroatoms. The van der Waals surface area contributed by atoms with Crippen LogP contribution in [0.5, 0.6) is 5.75 Å². The molecular formula is C14H21N3O3. The van der Waals surface area contributed by atoms with Crippen molar-refractivity contribution >= 4 is 6.09 Å². The molecule has 0 saturated carbocycles. The van der Waals surface area contributed by atoms with Crippen molar-refractivity contribution in [2.24, 2.45) is 0 Å². The standard InChI is InChI=1S/C14H21N3O3/c1-14(2,3)20-13(18)17-7-5-4-6-12(17)19-11-8-15-10-16-9-11/h8-10,12H,4-7H2,1-3H3. The Balaban J connectivity index is 2.03. The third kappa shape index (κ3) is 4.08. The number of aromatic nitrogens is 2. The van der Waals surface area contributed by atoms with Gasteiger partial charge in [0, 0.05) is 13.0 Å². The first kappa shape index (κ1) is 14.6. The normalized spacial score (nSPS) is 19.6. The highest BCUT2D eigenvalue weighted by atomic mass is 16.6. The molecule has 1 aromatic rings. The van der Waals surface area contributed by atoms with Crippen LogP contribution in [0.3, 0.4) is 0 Å². The predicted octanol–water partition coefficient (Wildman–Crippen LogP) is 2.60. The maximum atomic E-state index is 12.2. The van der Waals surface area contributed by atoms with Gasteiger partial charge in [-0.25, -0.2) is 14.8 Å². The second kappa shape index (κ2) is 6.07. The molecule has 1 aromatic heterocycles. The number of hydrogen-bond acceptors (Lipinski definition) is 5. The van der Waals surface area contributed by atoms with E-state index < -0.39 is 5.60 Å². The SMILES string of the molecule is CC(C)(C)OC(=O)N1CCCCC1Oc1cncnc1. The highest BCUT2D eigenvalue weighted by Gasteiger charge is 2.31. The summed E-state index contributed by atoms with van der Waals surface area (Å²) in [6.45, 7) is 6.22. The van der Waals surface area contributed by atoms with Crippen molar-refractivity contribution in [1.29, 1.82) is 0 Å². The van der Waals surface area contributed by atoms with Gasteiger partial charge in [0.15, 0.2) is 12.0 Å². The number of carbonyl (C=O) groups is 1. The minimum Gasteiger partial charge on any atom is -0.467 e. The van der Waals surface area contributed by atoms with Crippen LogP contribution in [0.25, 0.3) is 0 Å². The Hall–Kier alpha value is -1.85. The van der Waals surface area contributed by atoms with Crippen molar-refractivity contribution in [3.8, 4) is 5.75 Å². The molecule has 0 radical (unpaired) electrons. The van der Waals surface area contributed by atoms with Crippen molar-refractivity contribution in [3.05, 3.63) is 18.7 Å². The van der Waals surface area contributed by atoms with Crippen LogP contribution in [0, 0.1) is 0 Å². The summed E-state index contributed by atoms with van der Waals surface area (Å²) in [6.07, 6.45) is 6.75. The summed E-state index contributed by atoms with van der Waals surface area (Å²) < 4.78 is 11.2. The lowest BCUT2D eigenvalue weighted by Gasteiger charge is -2.36. The largest absolute Gasteiger partial charge is 0.467 e. The van der Waals surface area contributed by atoms with Gasteiger partial charge in [0.05, 0.1) is 12.4 Å². The third-order valence-electron chi connectivity index (χ3n) is 2.88. The van der Waals surface area contributed by atoms with Crippen LogP contribution in [0.2, 0.25) is 0 Å². The Bertz CT molecular complexity index is 445. The first-order valence-corrected chi connectivity index (χ1v) is 6.87. The van der Waals surface area contributed by atoms with Crippen LogP contribution in [-0.2, 0) is 4.74 Å². The van der Waals surface area contributed by atoms with Crippen LogP contribution in [0.4, 0.5) is 4.79 Å². The van der Waals surface area contributed by atoms with Crippen LogP contribution >= 0.6 is 0 Å². The second-order valence-corrected chi connectivity index (χ2v) is 5.82. The van der Waals surface area contributed by atoms with E-state index in [4.69, 9.17) is 9.47 Å². The Morgan fingerprint density at radius 2 is 2.00 bits per heavy atom. The predicted molar refractivity (Wildman–Crippen MR) is 73.2 cm³/mol. The Labute approximate surface area is 119 Å². The van der Waals surface area contributed by atoms with Crippen molar-refractivity contribution in [2.45, 2.75) is 51.9 Å². The average Bonchev–Trinajstić information content (AvgIpc) is 2.38. The van der Waals surface area contributed by atoms with Gasteiger partial charge in [-0.1, -0.05) is 0 Å². The fourth-order valence-electron chi connectivity index (χ4n) is 2.06. The number of amides is 1. The van der Waals surface area contributed by atoms with Gasteiger partial charge in [-0.2, -0.15) is 0 Å². The number of carbonyl (C=O) groups excluding carboxylic acids is 1. The van der Waals surface area contributed by atoms with E-state index in [1.807, 2.05) is 20.8 Å². The maximum Gasteiger partial charge on any atom is 0.413 e. The number of nitrogens with zero attached hydrogens (tertiary/aromatic N) is 3. The monoisotopic (exact) mass is 279 g/mol. The van der Waals surface area contributed by atoms with Gasteiger partial charge in [-0.05, 0) is 33.6 Å². The number of ether oxygens (including phenoxy) is 2. The fraction of sp³-hybridized carbons (Fsp3) is 0.643. The lowest BCUT2D eigenvalue weighted by Crippen LogP contribution is -2.48. The molecule has 110 valence electrons. The average molecular weight is 279 g/mol. The molecule has 0 spiro atoms. The van der Waals surface area contributed by atoms with Gasteiger partial charge in [0.2, 0.25) is 0 Å². The zero-order valence-electron chi connectivity index (χ0n) is 12.2. The van der Waals surface area contributed by atoms with Gasteiger partial charge in [0.25, 0.3) is 0 Å². The third-order valence-corrected chi connectivity index (χ3v) is 2.88. The van der Waals surface area contributed by atoms with Crippen molar-refractivity contribution in [2.75, 3.05) is 6.54 Å². The summed E-state index contributed by atoms with van der Waals surface area (Å²) in [4.78, 5) is 21.7. The molecule has 1 aliphatic heterocycles. The number of rotatable bonds is 2. The van der Waals surface area contributed by atoms with Crippen LogP contribution in [-0.4, -0.2) is 39.3 Å². The summed E-state index contributed by atoms with van der Waals surface area (Å²) in [5.74, 6) is 0.563. The van der Waals surface area contributed by atoms with Crippen molar-refractivity contribution in [3.63, 3.8) is 0 Å². The maximum absolute atomic E-state index is 12.2. The molecule has 0 aliphatic carbocycles. The molecule has 1 fully saturated rings. The molecule has 1 aliphatic rings. The van der Waals surface area contributed by atoms with Crippen LogP contribution < -0.4 is 4.74 Å². The number of piperidine rings is 1. The first-order valence-electron chi connectivity index (χ1n) is 6.87. The quantitative estimate of drug-likeness (QED) is 0.832. The topological polar surface area (TPSA) is 64.5 Å². The van der Waals surface area contributed by atoms with E-state index in [9.17, 15) is 4.79 Å². The van der Waals surface area contributed by atoms with E-state index in [1.165, 1.54) is 6.33 Å². The summed E-state index contributed by atoms with van der Waals surface area (Å²) >= 11 is 0. The zero-order chi connectivity index (χ0) is 14.6. The molecule has 20 heavy (non-hydrogen) atoms. The summed E-state index contributed by atoms with van der Waals surface area (Å²) in [5.41, 5.74) is -0.505. The summed E-state index contributed by atoms with van der Waals surface area (Å²) in [6, 6.07) is 0. The molecule has 6 nitrogen and oxygen atoms in total. The van der Waals surface area contributed by atoms with Crippen LogP contribution in [0.1, 0.15) is 40.0 Å². The highest BCUT2D eigenvalue weighted by Crippen LogP contribution is 2.22. The van der Waals surface area contributed by atoms with Crippen molar-refractivity contribution in [1.82, 2.24) is 14.9 Å². The van der Waals surface area contributed by atoms with Gasteiger partial charge < -0.3 is 9.47 Å². The first-order chi connectivity index (χ1) is 9.46. The molecule has 1 atom stereocenters. The minimum absolute atomic E-state index is 0.315. The van der Waals surface area contributed by atoms with Crippen molar-refractivity contribution < 1.29 is 14.3 Å². The fourth-order valence-corrected chi connectivity index (χ4v) is 2.06. The zero-order valence-corrected chi connectivity index (χ0v) is 12.2. The smallest absolute Gasteiger partial charge is 0.413 e. The van der Waals surface area contributed by atoms with E-state index >= 15 is 0 Å². The summed E-state index contributed by atoms with van der Waals surface area (Å²) in [5, 5.41) is 0. The van der Waals surface area contributed by atoms with E-state index in [1.54, 1.807) is 17.3 Å². The van der Waals surface area contributed by atoms with Gasteiger partial charge in [-0.15, -0.1) is 0 Å². The number of hydrogen-bond donors (Lipinski definition) is 0. The Kier molecular flexibility index (Phi) is 4.42. The molecule has 1 amide bonds. The van der Waals surface area contributed by atoms with Gasteiger partial charge in [0.1, 0.15) is 11.9 Å². The molecular weight excluding hydrogens is 258 g/mol. The van der Waals surface area contributed by atoms with Gasteiger partial charge in [-0.3, -0.25) is 4.90 Å². The molecule has 2 rings (SSSR count). The van der Waals surface area contributed by atoms with E-state index in [-0.39, 0.29) is 12.3 Å². The molecule has 0 aromatic carbocycles. The van der Waals surface area contributed by atoms with E-state index in [0.29, 0.717) is 12.3 Å². The highest BCUT2D eigenvalue weighted by molar-refractivity contribution is 5.68. The Morgan fingerprint density at radius 1 is 1.30 bits per heavy atom. The van der Waals surface area contributed by atoms with E-state index in [0.717, 1.165) is 19.3 Å². The minimum atomic E-state index is -0.505. The molecule has 2 heterocycles. The van der Waals surface area contributed by atoms with Gasteiger partial charge >= 0.3 is 6.09 Å². The lowest BCUT2D eigenvalue weighted by atomic mass is 10.1. The number of likely N-dealkylation sites (tertiary alicyclic amines) is 1. The molecule has 1 unspecified atom stereocenters. The summed E-state index contributed by atoms with van der Waals surface area (Å²) in [7, 11) is 0. The lowest BCUT2D eigenvalue weighted by molar-refractivity contribution is -0.0344. The van der Waals surface area contributed by atoms with Crippen LogP contribution in [0.15, 0.2) is 18.7 Å². The van der Waals surface area contributed by atoms with E-state index in [2.05, 4.69) is 9.97 Å². The second-order valence-electron chi connectivity index (χ2n) is 5.82.